The molecule has 9 heteroatoms. The number of ether oxygens (including phenoxy) is 1. The van der Waals surface area contributed by atoms with Crippen LogP contribution in [-0.2, 0) is 16.1 Å². The van der Waals surface area contributed by atoms with Crippen molar-refractivity contribution in [2.24, 2.45) is 5.92 Å². The highest BCUT2D eigenvalue weighted by molar-refractivity contribution is 6.30. The lowest BCUT2D eigenvalue weighted by Crippen LogP contribution is -2.36. The molecule has 1 amide bonds. The van der Waals surface area contributed by atoms with Crippen LogP contribution in [0.4, 0.5) is 17.2 Å². The summed E-state index contributed by atoms with van der Waals surface area (Å²) < 4.78 is 7.76. The van der Waals surface area contributed by atoms with Crippen molar-refractivity contribution >= 4 is 40.3 Å². The van der Waals surface area contributed by atoms with Crippen molar-refractivity contribution < 1.29 is 9.53 Å². The second kappa shape index (κ2) is 10.2. The molecule has 2 aliphatic carbocycles. The van der Waals surface area contributed by atoms with Crippen LogP contribution in [0.25, 0.3) is 5.65 Å². The smallest absolute Gasteiger partial charge is 0.229 e. The second-order valence-corrected chi connectivity index (χ2v) is 11.2. The Bertz CT molecular complexity index is 1530. The molecule has 8 nitrogen and oxygen atoms in total. The van der Waals surface area contributed by atoms with Gasteiger partial charge in [-0.3, -0.25) is 4.79 Å². The number of carbonyl (C=O) groups excluding carboxylic acids is 1. The third-order valence-corrected chi connectivity index (χ3v) is 8.13. The molecule has 3 aliphatic rings. The Morgan fingerprint density at radius 2 is 1.95 bits per heavy atom. The Hall–Kier alpha value is -3.62. The zero-order valence-corrected chi connectivity index (χ0v) is 22.4. The van der Waals surface area contributed by atoms with Crippen LogP contribution in [-0.4, -0.2) is 46.6 Å². The summed E-state index contributed by atoms with van der Waals surface area (Å²) in [7, 11) is 0. The number of halogens is 1. The summed E-state index contributed by atoms with van der Waals surface area (Å²) in [6.07, 6.45) is 9.42. The molecule has 7 rings (SSSR count). The Kier molecular flexibility index (Phi) is 6.37. The normalized spacial score (nSPS) is 20.7. The van der Waals surface area contributed by atoms with E-state index >= 15 is 0 Å². The zero-order chi connectivity index (χ0) is 26.3. The number of benzene rings is 1. The number of aromatic nitrogens is 3. The number of imidazole rings is 1. The first kappa shape index (κ1) is 24.4. The van der Waals surface area contributed by atoms with Crippen LogP contribution >= 0.6 is 11.6 Å². The first-order valence-electron chi connectivity index (χ1n) is 13.7. The Balaban J connectivity index is 1.03. The molecule has 1 saturated heterocycles. The van der Waals surface area contributed by atoms with Crippen LogP contribution in [0.15, 0.2) is 61.1 Å². The van der Waals surface area contributed by atoms with Crippen molar-refractivity contribution in [1.82, 2.24) is 14.4 Å². The van der Waals surface area contributed by atoms with E-state index in [4.69, 9.17) is 21.3 Å². The van der Waals surface area contributed by atoms with E-state index in [0.29, 0.717) is 23.3 Å². The van der Waals surface area contributed by atoms with Gasteiger partial charge in [-0.05, 0) is 66.5 Å². The number of amides is 1. The Morgan fingerprint density at radius 3 is 2.77 bits per heavy atom. The van der Waals surface area contributed by atoms with Gasteiger partial charge in [0.25, 0.3) is 0 Å². The average molecular weight is 543 g/mol. The fourth-order valence-electron chi connectivity index (χ4n) is 5.53. The minimum atomic E-state index is -0.0546. The number of nitrogens with zero attached hydrogens (tertiary/aromatic N) is 4. The molecule has 1 aliphatic heterocycles. The van der Waals surface area contributed by atoms with E-state index in [-0.39, 0.29) is 17.7 Å². The minimum Gasteiger partial charge on any atom is -0.379 e. The van der Waals surface area contributed by atoms with Gasteiger partial charge in [0, 0.05) is 54.4 Å². The second-order valence-electron chi connectivity index (χ2n) is 10.8. The van der Waals surface area contributed by atoms with Crippen molar-refractivity contribution in [2.45, 2.75) is 37.6 Å². The van der Waals surface area contributed by atoms with Gasteiger partial charge in [-0.2, -0.15) is 0 Å². The van der Waals surface area contributed by atoms with E-state index in [2.05, 4.69) is 43.4 Å². The van der Waals surface area contributed by atoms with E-state index in [1.54, 1.807) is 6.20 Å². The van der Waals surface area contributed by atoms with Crippen molar-refractivity contribution in [3.8, 4) is 0 Å². The minimum absolute atomic E-state index is 0.00733. The summed E-state index contributed by atoms with van der Waals surface area (Å²) in [6, 6.07) is 13.9. The summed E-state index contributed by atoms with van der Waals surface area (Å²) in [5, 5.41) is 7.14. The molecule has 4 heterocycles. The molecule has 39 heavy (non-hydrogen) atoms. The molecule has 3 aromatic heterocycles. The number of hydrogen-bond acceptors (Lipinski definition) is 6. The number of hydrogen-bond donors (Lipinski definition) is 2. The van der Waals surface area contributed by atoms with Gasteiger partial charge < -0.3 is 24.7 Å². The standard InChI is InChI=1S/C30H31ClN6O2/c31-22-3-1-2-20(12-22)25-15-26(25)30(38)35-28-14-23(6-7-32-28)33-16-24-18-37-17-21(19-4-5-19)13-27(29(37)34-24)36-8-10-39-11-9-36/h1-3,6-7,12-14,17-19,25-26H,4-5,8-11,15-16H2,(H2,32,33,35,38)/t25?,26-/m0/s1. The van der Waals surface area contributed by atoms with Crippen LogP contribution in [0.2, 0.25) is 5.02 Å². The quantitative estimate of drug-likeness (QED) is 0.308. The third-order valence-electron chi connectivity index (χ3n) is 7.89. The summed E-state index contributed by atoms with van der Waals surface area (Å²) in [4.78, 5) is 24.6. The Morgan fingerprint density at radius 1 is 1.08 bits per heavy atom. The molecular weight excluding hydrogens is 512 g/mol. The summed E-state index contributed by atoms with van der Waals surface area (Å²) in [5.41, 5.74) is 6.52. The number of carbonyl (C=O) groups is 1. The number of anilines is 3. The maximum absolute atomic E-state index is 12.8. The molecule has 1 aromatic carbocycles. The fourth-order valence-corrected chi connectivity index (χ4v) is 5.72. The predicted octanol–water partition coefficient (Wildman–Crippen LogP) is 5.45. The predicted molar refractivity (Wildman–Crippen MR) is 153 cm³/mol. The van der Waals surface area contributed by atoms with E-state index in [1.807, 2.05) is 36.4 Å². The van der Waals surface area contributed by atoms with Gasteiger partial charge >= 0.3 is 0 Å². The fraction of sp³-hybridized carbons (Fsp3) is 0.367. The van der Waals surface area contributed by atoms with Crippen molar-refractivity contribution in [2.75, 3.05) is 41.8 Å². The number of nitrogens with one attached hydrogen (secondary N) is 2. The topological polar surface area (TPSA) is 83.8 Å². The van der Waals surface area contributed by atoms with Crippen molar-refractivity contribution in [3.63, 3.8) is 0 Å². The van der Waals surface area contributed by atoms with Crippen molar-refractivity contribution in [3.05, 3.63) is 82.9 Å². The van der Waals surface area contributed by atoms with Gasteiger partial charge in [-0.25, -0.2) is 9.97 Å². The van der Waals surface area contributed by atoms with Crippen LogP contribution in [0.1, 0.15) is 47.9 Å². The average Bonchev–Trinajstić information content (AvgIpc) is 3.88. The van der Waals surface area contributed by atoms with Gasteiger partial charge in [0.15, 0.2) is 5.65 Å². The van der Waals surface area contributed by atoms with Gasteiger partial charge in [-0.15, -0.1) is 0 Å². The molecular formula is C30H31ClN6O2. The molecule has 2 atom stereocenters. The maximum atomic E-state index is 12.8. The van der Waals surface area contributed by atoms with E-state index in [1.165, 1.54) is 24.1 Å². The molecule has 0 radical (unpaired) electrons. The van der Waals surface area contributed by atoms with Gasteiger partial charge in [0.2, 0.25) is 5.91 Å². The van der Waals surface area contributed by atoms with Crippen LogP contribution in [0, 0.1) is 5.92 Å². The largest absolute Gasteiger partial charge is 0.379 e. The maximum Gasteiger partial charge on any atom is 0.229 e. The molecule has 2 saturated carbocycles. The molecule has 0 bridgehead atoms. The molecule has 1 unspecified atom stereocenters. The highest BCUT2D eigenvalue weighted by atomic mass is 35.5. The van der Waals surface area contributed by atoms with Crippen LogP contribution in [0.5, 0.6) is 0 Å². The number of fused-ring (bicyclic) bond motifs is 1. The SMILES string of the molecule is O=C(Nc1cc(NCc2cn3cc(C4CC4)cc(N4CCOCC4)c3n2)ccn1)[C@H]1CC1c1cccc(Cl)c1. The molecule has 200 valence electrons. The van der Waals surface area contributed by atoms with E-state index in [9.17, 15) is 4.79 Å². The third kappa shape index (κ3) is 5.31. The lowest BCUT2D eigenvalue weighted by atomic mass is 10.1. The summed E-state index contributed by atoms with van der Waals surface area (Å²) in [5.74, 6) is 1.36. The molecule has 2 N–H and O–H groups in total. The van der Waals surface area contributed by atoms with Crippen LogP contribution in [0.3, 0.4) is 0 Å². The molecule has 4 aromatic rings. The highest BCUT2D eigenvalue weighted by Gasteiger charge is 2.44. The van der Waals surface area contributed by atoms with Crippen molar-refractivity contribution in [1.29, 1.82) is 0 Å². The van der Waals surface area contributed by atoms with E-state index in [0.717, 1.165) is 55.3 Å². The summed E-state index contributed by atoms with van der Waals surface area (Å²) in [6.45, 7) is 3.84. The molecule has 0 spiro atoms. The van der Waals surface area contributed by atoms with E-state index < -0.39 is 0 Å². The van der Waals surface area contributed by atoms with Gasteiger partial charge in [0.1, 0.15) is 5.82 Å². The Labute approximate surface area is 232 Å². The first-order chi connectivity index (χ1) is 19.1. The van der Waals surface area contributed by atoms with Gasteiger partial charge in [-0.1, -0.05) is 23.7 Å². The lowest BCUT2D eigenvalue weighted by molar-refractivity contribution is -0.117. The lowest BCUT2D eigenvalue weighted by Gasteiger charge is -2.29. The first-order valence-corrected chi connectivity index (χ1v) is 14.1. The molecule has 3 fully saturated rings. The van der Waals surface area contributed by atoms with Gasteiger partial charge in [0.05, 0.1) is 31.1 Å². The number of rotatable bonds is 8. The van der Waals surface area contributed by atoms with Crippen LogP contribution < -0.4 is 15.5 Å². The number of morpholine rings is 1. The monoisotopic (exact) mass is 542 g/mol. The number of pyridine rings is 2. The zero-order valence-electron chi connectivity index (χ0n) is 21.6. The highest BCUT2D eigenvalue weighted by Crippen LogP contribution is 2.48. The summed E-state index contributed by atoms with van der Waals surface area (Å²) >= 11 is 6.12.